The van der Waals surface area contributed by atoms with Gasteiger partial charge in [0.2, 0.25) is 0 Å². The first-order valence-corrected chi connectivity index (χ1v) is 10.9. The highest BCUT2D eigenvalue weighted by molar-refractivity contribution is 8.14. The second-order valence-corrected chi connectivity index (χ2v) is 10.1. The molecule has 4 saturated carbocycles. The molecule has 2 unspecified atom stereocenters. The van der Waals surface area contributed by atoms with Crippen molar-refractivity contribution in [3.05, 3.63) is 35.4 Å². The maximum Gasteiger partial charge on any atom is 0.321 e. The van der Waals surface area contributed by atoms with Crippen LogP contribution in [0.3, 0.4) is 0 Å². The molecule has 1 aliphatic heterocycles. The maximum atomic E-state index is 12.7. The summed E-state index contributed by atoms with van der Waals surface area (Å²) >= 11 is 1.64. The van der Waals surface area contributed by atoms with Crippen molar-refractivity contribution in [1.82, 2.24) is 10.6 Å². The number of aliphatic imine (C=N–C) groups is 1. The summed E-state index contributed by atoms with van der Waals surface area (Å²) in [6.45, 7) is 2.96. The van der Waals surface area contributed by atoms with E-state index in [9.17, 15) is 4.79 Å². The molecule has 5 heteroatoms. The van der Waals surface area contributed by atoms with Gasteiger partial charge in [0.15, 0.2) is 5.17 Å². The number of hydrogen-bond acceptors (Lipinski definition) is 3. The Bertz CT molecular complexity index is 743. The minimum atomic E-state index is -0.0563. The molecule has 4 fully saturated rings. The van der Waals surface area contributed by atoms with Crippen molar-refractivity contribution in [2.75, 3.05) is 12.3 Å². The van der Waals surface area contributed by atoms with Crippen molar-refractivity contribution >= 4 is 23.0 Å². The first-order chi connectivity index (χ1) is 12.5. The molecule has 1 aromatic carbocycles. The van der Waals surface area contributed by atoms with Gasteiger partial charge in [-0.25, -0.2) is 4.79 Å². The molecule has 26 heavy (non-hydrogen) atoms. The zero-order valence-electron chi connectivity index (χ0n) is 15.4. The first-order valence-electron chi connectivity index (χ1n) is 9.88. The average molecular weight is 370 g/mol. The smallest absolute Gasteiger partial charge is 0.321 e. The van der Waals surface area contributed by atoms with Crippen molar-refractivity contribution in [2.45, 2.75) is 56.4 Å². The number of aryl methyl sites for hydroxylation is 1. The Kier molecular flexibility index (Phi) is 3.85. The predicted molar refractivity (Wildman–Crippen MR) is 107 cm³/mol. The normalized spacial score (nSPS) is 37.5. The Labute approximate surface area is 159 Å². The number of rotatable bonds is 2. The fourth-order valence-electron chi connectivity index (χ4n) is 6.43. The van der Waals surface area contributed by atoms with Gasteiger partial charge in [0, 0.05) is 11.3 Å². The van der Waals surface area contributed by atoms with Crippen LogP contribution >= 0.6 is 11.8 Å². The molecule has 1 heterocycles. The third kappa shape index (κ3) is 2.84. The molecule has 2 atom stereocenters. The number of urea groups is 1. The van der Waals surface area contributed by atoms with E-state index in [-0.39, 0.29) is 17.0 Å². The van der Waals surface area contributed by atoms with Crippen molar-refractivity contribution in [3.63, 3.8) is 0 Å². The van der Waals surface area contributed by atoms with E-state index in [0.29, 0.717) is 0 Å². The van der Waals surface area contributed by atoms with Crippen LogP contribution in [0, 0.1) is 18.8 Å². The van der Waals surface area contributed by atoms with E-state index in [0.717, 1.165) is 48.6 Å². The molecule has 0 radical (unpaired) electrons. The molecule has 6 rings (SSSR count). The summed E-state index contributed by atoms with van der Waals surface area (Å²) in [5, 5.41) is 7.17. The highest BCUT2D eigenvalue weighted by Crippen LogP contribution is 2.62. The molecule has 2 amide bonds. The average Bonchev–Trinajstić information content (AvgIpc) is 3.06. The third-order valence-corrected chi connectivity index (χ3v) is 7.80. The zero-order valence-corrected chi connectivity index (χ0v) is 16.2. The summed E-state index contributed by atoms with van der Waals surface area (Å²) in [4.78, 5) is 17.0. The molecule has 0 aromatic heterocycles. The number of amidine groups is 1. The fraction of sp³-hybridized carbons (Fsp3) is 0.619. The predicted octanol–water partition coefficient (Wildman–Crippen LogP) is 3.99. The lowest BCUT2D eigenvalue weighted by Crippen LogP contribution is -2.65. The summed E-state index contributed by atoms with van der Waals surface area (Å²) in [5.74, 6) is 2.47. The van der Waals surface area contributed by atoms with E-state index in [1.807, 2.05) is 0 Å². The number of nitrogens with zero attached hydrogens (tertiary/aromatic N) is 1. The van der Waals surface area contributed by atoms with Gasteiger partial charge < -0.3 is 5.32 Å². The lowest BCUT2D eigenvalue weighted by atomic mass is 9.45. The van der Waals surface area contributed by atoms with Gasteiger partial charge in [-0.1, -0.05) is 41.6 Å². The Morgan fingerprint density at radius 2 is 1.88 bits per heavy atom. The van der Waals surface area contributed by atoms with E-state index in [4.69, 9.17) is 0 Å². The third-order valence-electron chi connectivity index (χ3n) is 6.91. The summed E-state index contributed by atoms with van der Waals surface area (Å²) in [7, 11) is 0. The highest BCUT2D eigenvalue weighted by Gasteiger charge is 2.58. The van der Waals surface area contributed by atoms with Crippen molar-refractivity contribution in [3.8, 4) is 0 Å². The van der Waals surface area contributed by atoms with Gasteiger partial charge in [-0.2, -0.15) is 0 Å². The molecular weight excluding hydrogens is 342 g/mol. The number of benzene rings is 1. The molecule has 4 bridgehead atoms. The van der Waals surface area contributed by atoms with Crippen molar-refractivity contribution in [2.24, 2.45) is 16.8 Å². The van der Waals surface area contributed by atoms with Gasteiger partial charge >= 0.3 is 6.03 Å². The van der Waals surface area contributed by atoms with Gasteiger partial charge in [-0.3, -0.25) is 10.3 Å². The van der Waals surface area contributed by atoms with E-state index in [2.05, 4.69) is 46.8 Å². The van der Waals surface area contributed by atoms with Crippen LogP contribution in [0.2, 0.25) is 0 Å². The van der Waals surface area contributed by atoms with Crippen LogP contribution < -0.4 is 10.6 Å². The molecule has 4 nitrogen and oxygen atoms in total. The minimum Gasteiger partial charge on any atom is -0.332 e. The quantitative estimate of drug-likeness (QED) is 0.828. The van der Waals surface area contributed by atoms with Crippen LogP contribution in [-0.4, -0.2) is 29.0 Å². The number of carbonyl (C=O) groups excluding carboxylic acids is 1. The zero-order chi connectivity index (χ0) is 17.8. The van der Waals surface area contributed by atoms with Crippen LogP contribution in [0.1, 0.15) is 49.7 Å². The topological polar surface area (TPSA) is 53.5 Å². The largest absolute Gasteiger partial charge is 0.332 e. The summed E-state index contributed by atoms with van der Waals surface area (Å²) < 4.78 is 0. The van der Waals surface area contributed by atoms with Crippen LogP contribution in [0.15, 0.2) is 29.3 Å². The molecule has 4 aliphatic carbocycles. The van der Waals surface area contributed by atoms with Gasteiger partial charge in [0.1, 0.15) is 0 Å². The second-order valence-electron chi connectivity index (χ2n) is 9.00. The highest BCUT2D eigenvalue weighted by atomic mass is 32.2. The maximum absolute atomic E-state index is 12.7. The Morgan fingerprint density at radius 3 is 2.54 bits per heavy atom. The van der Waals surface area contributed by atoms with Gasteiger partial charge in [-0.15, -0.1) is 0 Å². The van der Waals surface area contributed by atoms with Crippen molar-refractivity contribution < 1.29 is 4.79 Å². The van der Waals surface area contributed by atoms with Gasteiger partial charge in [0.25, 0.3) is 0 Å². The lowest BCUT2D eigenvalue weighted by Gasteiger charge is -2.62. The molecule has 1 aromatic rings. The number of carbonyl (C=O) groups is 1. The van der Waals surface area contributed by atoms with Crippen LogP contribution in [0.25, 0.3) is 0 Å². The lowest BCUT2D eigenvalue weighted by molar-refractivity contribution is -0.0347. The van der Waals surface area contributed by atoms with E-state index in [1.165, 1.54) is 30.4 Å². The number of nitrogens with one attached hydrogen (secondary N) is 2. The van der Waals surface area contributed by atoms with Gasteiger partial charge in [0.05, 0.1) is 6.54 Å². The number of thioether (sulfide) groups is 1. The van der Waals surface area contributed by atoms with Crippen molar-refractivity contribution in [1.29, 1.82) is 0 Å². The first kappa shape index (κ1) is 16.7. The van der Waals surface area contributed by atoms with E-state index < -0.39 is 0 Å². The van der Waals surface area contributed by atoms with Crippen LogP contribution in [0.4, 0.5) is 4.79 Å². The minimum absolute atomic E-state index is 0.0388. The molecule has 0 spiro atoms. The monoisotopic (exact) mass is 369 g/mol. The number of hydrogen-bond donors (Lipinski definition) is 2. The molecule has 138 valence electrons. The Morgan fingerprint density at radius 1 is 1.15 bits per heavy atom. The number of amides is 2. The summed E-state index contributed by atoms with van der Waals surface area (Å²) in [6.07, 6.45) is 7.30. The molecule has 2 N–H and O–H groups in total. The standard InChI is InChI=1S/C21H27N3OS/c1-14-2-4-17(5-3-14)20-9-15-8-16(10-20)12-21(11-15,13-20)24-18(25)23-19-22-6-7-26-19/h2-5,15-16H,6-13H2,1H3,(H2,22,23,24,25). The SMILES string of the molecule is Cc1ccc(C23CC4CC(CC(NC(=O)NC5=NCCS5)(C4)C2)C3)cc1. The Balaban J connectivity index is 1.39. The van der Waals surface area contributed by atoms with E-state index >= 15 is 0 Å². The van der Waals surface area contributed by atoms with Crippen LogP contribution in [-0.2, 0) is 5.41 Å². The molecular formula is C21H27N3OS. The van der Waals surface area contributed by atoms with E-state index in [1.54, 1.807) is 11.8 Å². The molecule has 0 saturated heterocycles. The second kappa shape index (κ2) is 6.01. The van der Waals surface area contributed by atoms with Gasteiger partial charge in [-0.05, 0) is 68.3 Å². The fourth-order valence-corrected chi connectivity index (χ4v) is 7.16. The summed E-state index contributed by atoms with van der Waals surface area (Å²) in [6, 6.07) is 9.10. The molecule has 5 aliphatic rings. The summed E-state index contributed by atoms with van der Waals surface area (Å²) in [5.41, 5.74) is 3.02. The van der Waals surface area contributed by atoms with Crippen LogP contribution in [0.5, 0.6) is 0 Å². The Hall–Kier alpha value is -1.49.